The number of allylic oxidation sites excluding steroid dienone is 9. The largest absolute Gasteiger partial charge is 0.337 e. The van der Waals surface area contributed by atoms with Crippen LogP contribution in [0.2, 0.25) is 0 Å². The maximum atomic E-state index is 9.47. The smallest absolute Gasteiger partial charge is 0.0991 e. The van der Waals surface area contributed by atoms with Crippen molar-refractivity contribution < 1.29 is 0 Å². The van der Waals surface area contributed by atoms with E-state index >= 15 is 0 Å². The summed E-state index contributed by atoms with van der Waals surface area (Å²) in [4.78, 5) is 2.39. The van der Waals surface area contributed by atoms with Crippen LogP contribution in [0.25, 0.3) is 55.2 Å². The predicted octanol–water partition coefficient (Wildman–Crippen LogP) is 11.8. The number of fused-ring (bicyclic) bond motifs is 6. The molecule has 0 amide bonds. The van der Waals surface area contributed by atoms with Crippen LogP contribution in [0.4, 0.5) is 5.69 Å². The quantitative estimate of drug-likeness (QED) is 0.0941. The van der Waals surface area contributed by atoms with Gasteiger partial charge in [-0.05, 0) is 107 Å². The number of rotatable bonds is 8. The molecule has 1 aliphatic heterocycles. The van der Waals surface area contributed by atoms with Crippen molar-refractivity contribution in [3.63, 3.8) is 0 Å². The average Bonchev–Trinajstić information content (AvgIpc) is 3.28. The Balaban J connectivity index is 1.25. The van der Waals surface area contributed by atoms with E-state index in [9.17, 15) is 5.26 Å². The molecular formula is C47H35N3. The van der Waals surface area contributed by atoms with Crippen LogP contribution < -0.4 is 4.90 Å². The maximum absolute atomic E-state index is 9.47. The van der Waals surface area contributed by atoms with E-state index in [2.05, 4.69) is 149 Å². The predicted molar refractivity (Wildman–Crippen MR) is 210 cm³/mol. The number of para-hydroxylation sites is 1. The Hall–Kier alpha value is -6.59. The molecule has 1 aromatic heterocycles. The second-order valence-electron chi connectivity index (χ2n) is 12.5. The zero-order valence-electron chi connectivity index (χ0n) is 27.8. The summed E-state index contributed by atoms with van der Waals surface area (Å²) in [6.07, 6.45) is 21.5. The van der Waals surface area contributed by atoms with Crippen molar-refractivity contribution in [2.75, 3.05) is 4.90 Å². The summed E-state index contributed by atoms with van der Waals surface area (Å²) >= 11 is 0. The molecule has 0 radical (unpaired) electrons. The zero-order valence-corrected chi connectivity index (χ0v) is 27.8. The van der Waals surface area contributed by atoms with E-state index in [1.807, 2.05) is 42.5 Å². The van der Waals surface area contributed by atoms with E-state index < -0.39 is 0 Å². The molecule has 0 saturated carbocycles. The fraction of sp³-hybridized carbons (Fsp3) is 0.0638. The number of aromatic nitrogens is 1. The first-order valence-corrected chi connectivity index (χ1v) is 17.0. The minimum Gasteiger partial charge on any atom is -0.337 e. The topological polar surface area (TPSA) is 32.0 Å². The molecule has 2 heterocycles. The van der Waals surface area contributed by atoms with Gasteiger partial charge in [-0.1, -0.05) is 104 Å². The monoisotopic (exact) mass is 641 g/mol. The van der Waals surface area contributed by atoms with Crippen molar-refractivity contribution in [1.29, 1.82) is 5.26 Å². The summed E-state index contributed by atoms with van der Waals surface area (Å²) in [5.74, 6) is 0. The minimum absolute atomic E-state index is 0.657. The molecule has 0 spiro atoms. The Morgan fingerprint density at radius 2 is 1.58 bits per heavy atom. The van der Waals surface area contributed by atoms with Crippen molar-refractivity contribution >= 4 is 27.5 Å². The molecule has 1 aliphatic carbocycles. The van der Waals surface area contributed by atoms with Crippen LogP contribution in [0.5, 0.6) is 0 Å². The fourth-order valence-corrected chi connectivity index (χ4v) is 7.21. The Kier molecular flexibility index (Phi) is 8.29. The van der Waals surface area contributed by atoms with E-state index in [-0.39, 0.29) is 0 Å². The van der Waals surface area contributed by atoms with E-state index in [1.54, 1.807) is 0 Å². The lowest BCUT2D eigenvalue weighted by Gasteiger charge is -2.35. The molecule has 0 saturated heterocycles. The molecule has 5 aromatic carbocycles. The minimum atomic E-state index is 0.657. The molecule has 0 atom stereocenters. The SMILES string of the molecule is C=C/C=C\C/C=C\Cn1c2ccccc2c2cc(-c3ccc4c(c3)-c3c(-c5ccc(C#N)cc5)cccc3N(C3=CC=C=CC=C3)C4)ccc21. The van der Waals surface area contributed by atoms with E-state index in [0.717, 1.165) is 42.0 Å². The first-order chi connectivity index (χ1) is 24.7. The number of nitrogens with zero attached hydrogens (tertiary/aromatic N) is 3. The summed E-state index contributed by atoms with van der Waals surface area (Å²) in [6, 6.07) is 39.3. The molecule has 6 aromatic rings. The van der Waals surface area contributed by atoms with Crippen LogP contribution >= 0.6 is 0 Å². The normalized spacial score (nSPS) is 13.5. The Labute approximate surface area is 293 Å². The van der Waals surface area contributed by atoms with Gasteiger partial charge in [0.1, 0.15) is 0 Å². The second-order valence-corrected chi connectivity index (χ2v) is 12.5. The number of nitriles is 1. The summed E-state index contributed by atoms with van der Waals surface area (Å²) in [5, 5.41) is 12.0. The van der Waals surface area contributed by atoms with E-state index in [1.165, 1.54) is 49.6 Å². The highest BCUT2D eigenvalue weighted by Gasteiger charge is 2.27. The van der Waals surface area contributed by atoms with Crippen molar-refractivity contribution in [2.45, 2.75) is 19.5 Å². The average molecular weight is 642 g/mol. The number of benzene rings is 5. The Morgan fingerprint density at radius 1 is 0.760 bits per heavy atom. The summed E-state index contributed by atoms with van der Waals surface area (Å²) in [5.41, 5.74) is 16.9. The molecule has 238 valence electrons. The van der Waals surface area contributed by atoms with Crippen LogP contribution in [0.15, 0.2) is 182 Å². The number of hydrogen-bond donors (Lipinski definition) is 0. The van der Waals surface area contributed by atoms with Crippen LogP contribution in [0, 0.1) is 11.3 Å². The molecule has 8 rings (SSSR count). The van der Waals surface area contributed by atoms with Crippen molar-refractivity contribution in [3.8, 4) is 39.4 Å². The molecule has 3 heteroatoms. The van der Waals surface area contributed by atoms with Gasteiger partial charge in [0.25, 0.3) is 0 Å². The third-order valence-corrected chi connectivity index (χ3v) is 9.59. The molecule has 0 fully saturated rings. The number of hydrogen-bond acceptors (Lipinski definition) is 2. The van der Waals surface area contributed by atoms with Gasteiger partial charge in [-0.2, -0.15) is 5.26 Å². The van der Waals surface area contributed by atoms with Gasteiger partial charge in [-0.15, -0.1) is 5.73 Å². The number of anilines is 1. The van der Waals surface area contributed by atoms with Crippen LogP contribution in [0.1, 0.15) is 17.5 Å². The molecule has 50 heavy (non-hydrogen) atoms. The van der Waals surface area contributed by atoms with Crippen molar-refractivity contribution in [2.24, 2.45) is 0 Å². The second kappa shape index (κ2) is 13.5. The molecule has 3 nitrogen and oxygen atoms in total. The summed E-state index contributed by atoms with van der Waals surface area (Å²) < 4.78 is 2.41. The third kappa shape index (κ3) is 5.65. The highest BCUT2D eigenvalue weighted by atomic mass is 15.1. The van der Waals surface area contributed by atoms with Crippen LogP contribution in [-0.4, -0.2) is 4.57 Å². The molecule has 2 aliphatic rings. The lowest BCUT2D eigenvalue weighted by molar-refractivity contribution is 0.895. The summed E-state index contributed by atoms with van der Waals surface area (Å²) in [7, 11) is 0. The van der Waals surface area contributed by atoms with E-state index in [0.29, 0.717) is 5.56 Å². The van der Waals surface area contributed by atoms with E-state index in [4.69, 9.17) is 0 Å². The molecule has 0 unspecified atom stereocenters. The molecule has 0 N–H and O–H groups in total. The van der Waals surface area contributed by atoms with Gasteiger partial charge in [-0.25, -0.2) is 0 Å². The standard InChI is InChI=1S/C47H35N3/c1-2-3-4-5-8-13-29-49-44-19-12-11-17-41(44)43-31-37(27-28-45(43)49)36-25-26-38-33-50(39-15-9-6-7-10-16-39)46-20-14-18-40(47(46)42(38)30-36)35-23-21-34(32-48)22-24-35/h2-4,6,8-28,30-31H,1,5,29,33H2/b4-3-,13-8-. The van der Waals surface area contributed by atoms with Gasteiger partial charge in [0, 0.05) is 51.8 Å². The first-order valence-electron chi connectivity index (χ1n) is 17.0. The lowest BCUT2D eigenvalue weighted by atomic mass is 9.85. The lowest BCUT2D eigenvalue weighted by Crippen LogP contribution is -2.25. The van der Waals surface area contributed by atoms with Crippen LogP contribution in [0.3, 0.4) is 0 Å². The molecular weight excluding hydrogens is 607 g/mol. The van der Waals surface area contributed by atoms with Gasteiger partial charge >= 0.3 is 0 Å². The fourth-order valence-electron chi connectivity index (χ4n) is 7.21. The van der Waals surface area contributed by atoms with Gasteiger partial charge < -0.3 is 9.47 Å². The van der Waals surface area contributed by atoms with Gasteiger partial charge in [-0.3, -0.25) is 0 Å². The third-order valence-electron chi connectivity index (χ3n) is 9.59. The van der Waals surface area contributed by atoms with Gasteiger partial charge in [0.05, 0.1) is 11.6 Å². The van der Waals surface area contributed by atoms with Crippen molar-refractivity contribution in [3.05, 3.63) is 193 Å². The first kappa shape index (κ1) is 30.7. The summed E-state index contributed by atoms with van der Waals surface area (Å²) in [6.45, 7) is 5.33. The van der Waals surface area contributed by atoms with Crippen molar-refractivity contribution in [1.82, 2.24) is 4.57 Å². The van der Waals surface area contributed by atoms with Gasteiger partial charge in [0.2, 0.25) is 0 Å². The Morgan fingerprint density at radius 3 is 2.46 bits per heavy atom. The Bertz CT molecular complexity index is 2520. The van der Waals surface area contributed by atoms with Crippen LogP contribution in [-0.2, 0) is 13.1 Å². The maximum Gasteiger partial charge on any atom is 0.0991 e. The highest BCUT2D eigenvalue weighted by Crippen LogP contribution is 2.47. The van der Waals surface area contributed by atoms with Gasteiger partial charge in [0.15, 0.2) is 0 Å². The highest BCUT2D eigenvalue weighted by molar-refractivity contribution is 6.09. The zero-order chi connectivity index (χ0) is 33.9. The molecule has 0 bridgehead atoms.